The average molecular weight is 375 g/mol. The molecule has 0 radical (unpaired) electrons. The number of thioether (sulfide) groups is 1. The summed E-state index contributed by atoms with van der Waals surface area (Å²) in [6.07, 6.45) is 0.692. The van der Waals surface area contributed by atoms with E-state index in [1.165, 1.54) is 0 Å². The molecular weight excluding hydrogens is 348 g/mol. The molecule has 8 heteroatoms. The summed E-state index contributed by atoms with van der Waals surface area (Å²) >= 11 is 3.20. The summed E-state index contributed by atoms with van der Waals surface area (Å²) < 4.78 is 18.2. The third-order valence-electron chi connectivity index (χ3n) is 3.14. The second-order valence-corrected chi connectivity index (χ2v) is 9.75. The molecule has 0 aliphatic carbocycles. The zero-order valence-corrected chi connectivity index (χ0v) is 16.8. The van der Waals surface area contributed by atoms with E-state index in [1.807, 2.05) is 41.5 Å². The SMILES string of the molecule is Cc1nnc(SC[C@@H]2C[C@@H](CC(=O)OC(C)(C)C)OC(C)(C)O2)s1. The van der Waals surface area contributed by atoms with Gasteiger partial charge in [0.05, 0.1) is 18.6 Å². The Morgan fingerprint density at radius 1 is 1.33 bits per heavy atom. The van der Waals surface area contributed by atoms with Gasteiger partial charge in [0.25, 0.3) is 0 Å². The van der Waals surface area contributed by atoms with Crippen molar-refractivity contribution < 1.29 is 19.0 Å². The number of carbonyl (C=O) groups excluding carboxylic acids is 1. The molecule has 2 atom stereocenters. The maximum Gasteiger partial charge on any atom is 0.308 e. The first-order valence-corrected chi connectivity index (χ1v) is 9.83. The number of rotatable bonds is 5. The molecule has 2 heterocycles. The Labute approximate surface area is 151 Å². The van der Waals surface area contributed by atoms with Crippen molar-refractivity contribution in [3.8, 4) is 0 Å². The van der Waals surface area contributed by atoms with Crippen molar-refractivity contribution in [3.05, 3.63) is 5.01 Å². The minimum Gasteiger partial charge on any atom is -0.460 e. The molecule has 1 aromatic rings. The van der Waals surface area contributed by atoms with Crippen LogP contribution in [0.4, 0.5) is 0 Å². The maximum atomic E-state index is 12.1. The van der Waals surface area contributed by atoms with Gasteiger partial charge in [0.2, 0.25) is 0 Å². The number of esters is 1. The fraction of sp³-hybridized carbons (Fsp3) is 0.812. The molecule has 1 aliphatic rings. The summed E-state index contributed by atoms with van der Waals surface area (Å²) in [5.74, 6) is -0.198. The Morgan fingerprint density at radius 2 is 2.00 bits per heavy atom. The largest absolute Gasteiger partial charge is 0.460 e. The second kappa shape index (κ2) is 7.68. The molecule has 136 valence electrons. The topological polar surface area (TPSA) is 70.5 Å². The van der Waals surface area contributed by atoms with E-state index in [9.17, 15) is 4.79 Å². The molecule has 0 bridgehead atoms. The third-order valence-corrected chi connectivity index (χ3v) is 5.25. The lowest BCUT2D eigenvalue weighted by Gasteiger charge is -2.40. The van der Waals surface area contributed by atoms with E-state index >= 15 is 0 Å². The molecule has 1 aliphatic heterocycles. The van der Waals surface area contributed by atoms with Gasteiger partial charge in [-0.05, 0) is 41.5 Å². The Kier molecular flexibility index (Phi) is 6.28. The summed E-state index contributed by atoms with van der Waals surface area (Å²) in [5, 5.41) is 9.09. The molecule has 0 spiro atoms. The van der Waals surface area contributed by atoms with Gasteiger partial charge in [0.1, 0.15) is 10.6 Å². The third kappa shape index (κ3) is 6.66. The van der Waals surface area contributed by atoms with Crippen molar-refractivity contribution >= 4 is 29.1 Å². The highest BCUT2D eigenvalue weighted by Crippen LogP contribution is 2.32. The normalized spacial score (nSPS) is 23.9. The molecule has 6 nitrogen and oxygen atoms in total. The first-order valence-electron chi connectivity index (χ1n) is 8.03. The van der Waals surface area contributed by atoms with Crippen LogP contribution in [0.25, 0.3) is 0 Å². The van der Waals surface area contributed by atoms with Gasteiger partial charge < -0.3 is 14.2 Å². The molecule has 0 N–H and O–H groups in total. The van der Waals surface area contributed by atoms with Gasteiger partial charge in [-0.1, -0.05) is 23.1 Å². The molecule has 24 heavy (non-hydrogen) atoms. The van der Waals surface area contributed by atoms with E-state index in [2.05, 4.69) is 10.2 Å². The Bertz CT molecular complexity index is 569. The zero-order chi connectivity index (χ0) is 18.0. The monoisotopic (exact) mass is 374 g/mol. The van der Waals surface area contributed by atoms with Gasteiger partial charge in [-0.3, -0.25) is 4.79 Å². The van der Waals surface area contributed by atoms with Crippen molar-refractivity contribution in [1.29, 1.82) is 0 Å². The first kappa shape index (κ1) is 19.6. The van der Waals surface area contributed by atoms with Gasteiger partial charge in [0, 0.05) is 12.2 Å². The van der Waals surface area contributed by atoms with Crippen LogP contribution in [0, 0.1) is 6.92 Å². The van der Waals surface area contributed by atoms with E-state index in [4.69, 9.17) is 14.2 Å². The van der Waals surface area contributed by atoms with Gasteiger partial charge >= 0.3 is 5.97 Å². The highest BCUT2D eigenvalue weighted by Gasteiger charge is 2.37. The Morgan fingerprint density at radius 3 is 2.58 bits per heavy atom. The van der Waals surface area contributed by atoms with E-state index < -0.39 is 11.4 Å². The van der Waals surface area contributed by atoms with Crippen molar-refractivity contribution in [2.75, 3.05) is 5.75 Å². The Hall–Kier alpha value is -0.700. The highest BCUT2D eigenvalue weighted by atomic mass is 32.2. The lowest BCUT2D eigenvalue weighted by molar-refractivity contribution is -0.295. The number of carbonyl (C=O) groups is 1. The van der Waals surface area contributed by atoms with Gasteiger partial charge in [-0.15, -0.1) is 10.2 Å². The summed E-state index contributed by atoms with van der Waals surface area (Å²) in [6, 6.07) is 0. The van der Waals surface area contributed by atoms with Crippen molar-refractivity contribution in [2.45, 2.75) is 82.3 Å². The predicted octanol–water partition coefficient (Wildman–Crippen LogP) is 3.58. The highest BCUT2D eigenvalue weighted by molar-refractivity contribution is 8.01. The number of nitrogens with zero attached hydrogens (tertiary/aromatic N) is 2. The second-order valence-electron chi connectivity index (χ2n) is 7.30. The van der Waals surface area contributed by atoms with Crippen molar-refractivity contribution in [1.82, 2.24) is 10.2 Å². The standard InChI is InChI=1S/C16H26N2O4S2/c1-10-17-18-14(24-10)23-9-12-7-11(20-16(5,6)21-12)8-13(19)22-15(2,3)4/h11-12H,7-9H2,1-6H3/t11-,12-/m0/s1. The van der Waals surface area contributed by atoms with Crippen LogP contribution >= 0.6 is 23.1 Å². The van der Waals surface area contributed by atoms with Crippen LogP contribution in [0.2, 0.25) is 0 Å². The van der Waals surface area contributed by atoms with E-state index in [0.29, 0.717) is 6.42 Å². The number of aromatic nitrogens is 2. The Balaban J connectivity index is 1.89. The van der Waals surface area contributed by atoms with Crippen molar-refractivity contribution in [3.63, 3.8) is 0 Å². The number of hydrogen-bond donors (Lipinski definition) is 0. The summed E-state index contributed by atoms with van der Waals surface area (Å²) in [6.45, 7) is 11.3. The summed E-state index contributed by atoms with van der Waals surface area (Å²) in [4.78, 5) is 12.1. The quantitative estimate of drug-likeness (QED) is 0.576. The molecule has 0 amide bonds. The molecule has 1 aromatic heterocycles. The smallest absolute Gasteiger partial charge is 0.308 e. The van der Waals surface area contributed by atoms with Crippen LogP contribution in [0.15, 0.2) is 4.34 Å². The lowest BCUT2D eigenvalue weighted by Crippen LogP contribution is -2.46. The van der Waals surface area contributed by atoms with Crippen LogP contribution in [0.5, 0.6) is 0 Å². The van der Waals surface area contributed by atoms with Gasteiger partial charge in [0.15, 0.2) is 10.1 Å². The first-order chi connectivity index (χ1) is 11.0. The molecule has 2 rings (SSSR count). The number of aryl methyl sites for hydroxylation is 1. The average Bonchev–Trinajstić information content (AvgIpc) is 2.78. The van der Waals surface area contributed by atoms with Crippen LogP contribution < -0.4 is 0 Å². The number of hydrogen-bond acceptors (Lipinski definition) is 8. The molecular formula is C16H26N2O4S2. The van der Waals surface area contributed by atoms with Crippen LogP contribution in [-0.4, -0.2) is 45.5 Å². The van der Waals surface area contributed by atoms with E-state index in [-0.39, 0.29) is 24.6 Å². The molecule has 0 aromatic carbocycles. The van der Waals surface area contributed by atoms with E-state index in [1.54, 1.807) is 23.1 Å². The summed E-state index contributed by atoms with van der Waals surface area (Å²) in [5.41, 5.74) is -0.483. The lowest BCUT2D eigenvalue weighted by atomic mass is 10.1. The van der Waals surface area contributed by atoms with E-state index in [0.717, 1.165) is 15.1 Å². The van der Waals surface area contributed by atoms with Crippen LogP contribution in [0.1, 0.15) is 52.5 Å². The fourth-order valence-corrected chi connectivity index (χ4v) is 4.37. The number of ether oxygens (including phenoxy) is 3. The van der Waals surface area contributed by atoms with Gasteiger partial charge in [-0.25, -0.2) is 0 Å². The fourth-order valence-electron chi connectivity index (χ4n) is 2.52. The van der Waals surface area contributed by atoms with Crippen molar-refractivity contribution in [2.24, 2.45) is 0 Å². The molecule has 1 fully saturated rings. The molecule has 0 saturated carbocycles. The minimum atomic E-state index is -0.715. The molecule has 0 unspecified atom stereocenters. The minimum absolute atomic E-state index is 0.00427. The predicted molar refractivity (Wildman–Crippen MR) is 94.3 cm³/mol. The maximum absolute atomic E-state index is 12.1. The molecule has 1 saturated heterocycles. The summed E-state index contributed by atoms with van der Waals surface area (Å²) in [7, 11) is 0. The van der Waals surface area contributed by atoms with Crippen LogP contribution in [0.3, 0.4) is 0 Å². The van der Waals surface area contributed by atoms with Gasteiger partial charge in [-0.2, -0.15) is 0 Å². The van der Waals surface area contributed by atoms with Crippen LogP contribution in [-0.2, 0) is 19.0 Å². The zero-order valence-electron chi connectivity index (χ0n) is 15.1.